The van der Waals surface area contributed by atoms with Crippen LogP contribution in [0.15, 0.2) is 175 Å². The van der Waals surface area contributed by atoms with Crippen molar-refractivity contribution < 1.29 is 4.42 Å². The zero-order valence-electron chi connectivity index (χ0n) is 26.0. The van der Waals surface area contributed by atoms with Crippen LogP contribution in [0.25, 0.3) is 93.6 Å². The van der Waals surface area contributed by atoms with Crippen LogP contribution < -0.4 is 0 Å². The molecule has 0 unspecified atom stereocenters. The molecule has 3 heteroatoms. The van der Waals surface area contributed by atoms with E-state index < -0.39 is 0 Å². The average Bonchev–Trinajstić information content (AvgIpc) is 3.71. The number of fused-ring (bicyclic) bond motifs is 9. The maximum Gasteiger partial charge on any atom is 0.136 e. The van der Waals surface area contributed by atoms with Crippen molar-refractivity contribution in [2.75, 3.05) is 0 Å². The zero-order chi connectivity index (χ0) is 31.6. The smallest absolute Gasteiger partial charge is 0.136 e. The predicted octanol–water partition coefficient (Wildman–Crippen LogP) is 12.2. The summed E-state index contributed by atoms with van der Waals surface area (Å²) in [5, 5.41) is 7.05. The van der Waals surface area contributed by atoms with Crippen LogP contribution in [0.1, 0.15) is 0 Å². The maximum absolute atomic E-state index is 6.38. The summed E-state index contributed by atoms with van der Waals surface area (Å²) in [5.74, 6) is 0. The molecule has 0 N–H and O–H groups in total. The molecule has 224 valence electrons. The minimum absolute atomic E-state index is 0.894. The molecule has 0 aliphatic rings. The van der Waals surface area contributed by atoms with Gasteiger partial charge in [0, 0.05) is 38.7 Å². The molecule has 0 fully saturated rings. The number of hydrogen-bond acceptors (Lipinski definition) is 2. The first-order valence-electron chi connectivity index (χ1n) is 16.3. The number of para-hydroxylation sites is 2. The van der Waals surface area contributed by atoms with E-state index >= 15 is 0 Å². The number of rotatable bonds is 4. The maximum atomic E-state index is 6.38. The second kappa shape index (κ2) is 10.5. The zero-order valence-corrected chi connectivity index (χ0v) is 26.0. The highest BCUT2D eigenvalue weighted by molar-refractivity contribution is 6.29. The SMILES string of the molecule is c1ccc(-c2cc(-c3ccccc3)cc(-c3cncc(-n4c5ccccc5c5ccc6ccc7oc8ccccc8c7c6c54)c3)c2)cc1. The van der Waals surface area contributed by atoms with Gasteiger partial charge in [0.2, 0.25) is 0 Å². The van der Waals surface area contributed by atoms with Crippen molar-refractivity contribution in [2.24, 2.45) is 0 Å². The average molecular weight is 613 g/mol. The van der Waals surface area contributed by atoms with Crippen LogP contribution in [-0.2, 0) is 0 Å². The molecule has 0 amide bonds. The fourth-order valence-electron chi connectivity index (χ4n) is 7.44. The lowest BCUT2D eigenvalue weighted by molar-refractivity contribution is 0.669. The van der Waals surface area contributed by atoms with Crippen molar-refractivity contribution in [1.82, 2.24) is 9.55 Å². The first-order chi connectivity index (χ1) is 23.8. The van der Waals surface area contributed by atoms with Crippen LogP contribution in [0.4, 0.5) is 0 Å². The number of hydrogen-bond donors (Lipinski definition) is 0. The summed E-state index contributed by atoms with van der Waals surface area (Å²) in [6, 6.07) is 56.1. The van der Waals surface area contributed by atoms with Crippen LogP contribution in [-0.4, -0.2) is 9.55 Å². The van der Waals surface area contributed by atoms with Crippen LogP contribution >= 0.6 is 0 Å². The second-order valence-corrected chi connectivity index (χ2v) is 12.4. The lowest BCUT2D eigenvalue weighted by Crippen LogP contribution is -1.97. The van der Waals surface area contributed by atoms with E-state index in [2.05, 4.69) is 156 Å². The molecule has 0 spiro atoms. The van der Waals surface area contributed by atoms with Gasteiger partial charge in [-0.25, -0.2) is 0 Å². The minimum atomic E-state index is 0.894. The summed E-state index contributed by atoms with van der Waals surface area (Å²) in [6.07, 6.45) is 3.97. The Kier molecular flexibility index (Phi) is 5.87. The Morgan fingerprint density at radius 2 is 1.04 bits per heavy atom. The van der Waals surface area contributed by atoms with Gasteiger partial charge in [-0.2, -0.15) is 0 Å². The van der Waals surface area contributed by atoms with Gasteiger partial charge in [-0.05, 0) is 75.7 Å². The third-order valence-electron chi connectivity index (χ3n) is 9.62. The molecule has 0 saturated heterocycles. The van der Waals surface area contributed by atoms with E-state index in [1.165, 1.54) is 43.8 Å². The van der Waals surface area contributed by atoms with Crippen LogP contribution in [0.3, 0.4) is 0 Å². The summed E-state index contributed by atoms with van der Waals surface area (Å²) >= 11 is 0. The van der Waals surface area contributed by atoms with Gasteiger partial charge in [-0.1, -0.05) is 115 Å². The van der Waals surface area contributed by atoms with Crippen LogP contribution in [0, 0.1) is 0 Å². The van der Waals surface area contributed by atoms with Crippen LogP contribution in [0.5, 0.6) is 0 Å². The molecule has 3 aromatic heterocycles. The fourth-order valence-corrected chi connectivity index (χ4v) is 7.44. The standard InChI is InChI=1S/C45H28N2O/c1-3-11-29(12-4-1)32-23-33(30-13-5-2-6-14-30)25-34(24-32)35-26-36(28-46-27-35)47-40-17-9-7-15-37(40)38-21-19-31-20-22-42-44(43(31)45(38)47)39-16-8-10-18-41(39)48-42/h1-28H. The van der Waals surface area contributed by atoms with Crippen molar-refractivity contribution >= 4 is 54.5 Å². The molecule has 0 aliphatic carbocycles. The Morgan fingerprint density at radius 1 is 0.417 bits per heavy atom. The molecular formula is C45H28N2O. The third-order valence-corrected chi connectivity index (χ3v) is 9.62. The van der Waals surface area contributed by atoms with E-state index in [4.69, 9.17) is 9.40 Å². The van der Waals surface area contributed by atoms with E-state index in [0.29, 0.717) is 0 Å². The number of nitrogens with zero attached hydrogens (tertiary/aromatic N) is 2. The van der Waals surface area contributed by atoms with Gasteiger partial charge in [0.1, 0.15) is 11.2 Å². The minimum Gasteiger partial charge on any atom is -0.456 e. The Balaban J connectivity index is 1.27. The number of furan rings is 1. The van der Waals surface area contributed by atoms with Crippen molar-refractivity contribution in [3.05, 3.63) is 170 Å². The van der Waals surface area contributed by atoms with Gasteiger partial charge < -0.3 is 8.98 Å². The molecule has 0 atom stereocenters. The fraction of sp³-hybridized carbons (Fsp3) is 0. The second-order valence-electron chi connectivity index (χ2n) is 12.4. The van der Waals surface area contributed by atoms with Gasteiger partial charge >= 0.3 is 0 Å². The van der Waals surface area contributed by atoms with Gasteiger partial charge in [-0.15, -0.1) is 0 Å². The van der Waals surface area contributed by atoms with E-state index in [9.17, 15) is 0 Å². The number of benzene rings is 7. The molecule has 3 nitrogen and oxygen atoms in total. The van der Waals surface area contributed by atoms with Crippen LogP contribution in [0.2, 0.25) is 0 Å². The molecule has 0 radical (unpaired) electrons. The quantitative estimate of drug-likeness (QED) is 0.198. The third kappa shape index (κ3) is 4.11. The highest BCUT2D eigenvalue weighted by Gasteiger charge is 2.20. The Labute approximate surface area is 277 Å². The summed E-state index contributed by atoms with van der Waals surface area (Å²) in [6.45, 7) is 0. The van der Waals surface area contributed by atoms with Gasteiger partial charge in [-0.3, -0.25) is 4.98 Å². The normalized spacial score (nSPS) is 11.8. The first-order valence-corrected chi connectivity index (χ1v) is 16.3. The van der Waals surface area contributed by atoms with E-state index in [-0.39, 0.29) is 0 Å². The molecule has 0 aliphatic heterocycles. The van der Waals surface area contributed by atoms with E-state index in [0.717, 1.165) is 49.8 Å². The number of pyridine rings is 1. The Bertz CT molecular complexity index is 2770. The monoisotopic (exact) mass is 612 g/mol. The summed E-state index contributed by atoms with van der Waals surface area (Å²) in [4.78, 5) is 4.88. The van der Waals surface area contributed by atoms with Crippen molar-refractivity contribution in [1.29, 1.82) is 0 Å². The lowest BCUT2D eigenvalue weighted by atomic mass is 9.94. The summed E-state index contributed by atoms with van der Waals surface area (Å²) in [5.41, 5.74) is 12.0. The first kappa shape index (κ1) is 26.7. The predicted molar refractivity (Wildman–Crippen MR) is 200 cm³/mol. The summed E-state index contributed by atoms with van der Waals surface area (Å²) in [7, 11) is 0. The van der Waals surface area contributed by atoms with Gasteiger partial charge in [0.05, 0.1) is 22.9 Å². The Morgan fingerprint density at radius 3 is 1.79 bits per heavy atom. The Hall–Kier alpha value is -6.45. The van der Waals surface area contributed by atoms with Crippen molar-refractivity contribution in [3.63, 3.8) is 0 Å². The largest absolute Gasteiger partial charge is 0.456 e. The molecular weight excluding hydrogens is 585 g/mol. The molecule has 0 saturated carbocycles. The number of aromatic nitrogens is 2. The van der Waals surface area contributed by atoms with E-state index in [1.54, 1.807) is 0 Å². The van der Waals surface area contributed by atoms with E-state index in [1.807, 2.05) is 18.5 Å². The highest BCUT2D eigenvalue weighted by atomic mass is 16.3. The molecule has 7 aromatic carbocycles. The molecule has 3 heterocycles. The van der Waals surface area contributed by atoms with Crippen molar-refractivity contribution in [3.8, 4) is 39.1 Å². The van der Waals surface area contributed by atoms with Gasteiger partial charge in [0.15, 0.2) is 0 Å². The molecule has 10 rings (SSSR count). The van der Waals surface area contributed by atoms with Crippen molar-refractivity contribution in [2.45, 2.75) is 0 Å². The molecule has 10 aromatic rings. The summed E-state index contributed by atoms with van der Waals surface area (Å²) < 4.78 is 8.77. The topological polar surface area (TPSA) is 31.0 Å². The van der Waals surface area contributed by atoms with Gasteiger partial charge in [0.25, 0.3) is 0 Å². The molecule has 0 bridgehead atoms. The lowest BCUT2D eigenvalue weighted by Gasteiger charge is -2.14. The molecule has 48 heavy (non-hydrogen) atoms. The highest BCUT2D eigenvalue weighted by Crippen LogP contribution is 2.43.